The van der Waals surface area contributed by atoms with Gasteiger partial charge in [0, 0.05) is 56.6 Å². The third-order valence-electron chi connectivity index (χ3n) is 7.44. The quantitative estimate of drug-likeness (QED) is 0.376. The predicted octanol–water partition coefficient (Wildman–Crippen LogP) is 4.48. The molecular formula is C29H35N5O3S. The van der Waals surface area contributed by atoms with Crippen LogP contribution in [0.5, 0.6) is 11.5 Å². The Morgan fingerprint density at radius 3 is 2.84 bits per heavy atom. The van der Waals surface area contributed by atoms with Gasteiger partial charge < -0.3 is 25.1 Å². The van der Waals surface area contributed by atoms with E-state index in [1.165, 1.54) is 0 Å². The number of fused-ring (bicyclic) bond motifs is 1. The van der Waals surface area contributed by atoms with Crippen LogP contribution in [-0.2, 0) is 9.53 Å². The number of piperazine rings is 1. The number of ether oxygens (including phenoxy) is 2. The van der Waals surface area contributed by atoms with Crippen LogP contribution in [0.4, 0.5) is 5.69 Å². The first kappa shape index (κ1) is 25.3. The lowest BCUT2D eigenvalue weighted by Gasteiger charge is -2.26. The van der Waals surface area contributed by atoms with Crippen LogP contribution in [0.1, 0.15) is 25.0 Å². The Morgan fingerprint density at radius 2 is 2.00 bits per heavy atom. The van der Waals surface area contributed by atoms with Crippen molar-refractivity contribution in [2.45, 2.75) is 25.3 Å². The number of hydrogen-bond acceptors (Lipinski definition) is 7. The van der Waals surface area contributed by atoms with Crippen LogP contribution in [0.15, 0.2) is 53.5 Å². The van der Waals surface area contributed by atoms with Gasteiger partial charge in [-0.2, -0.15) is 0 Å². The summed E-state index contributed by atoms with van der Waals surface area (Å²) in [6.45, 7) is 5.65. The number of aliphatic imine (C=N–C) groups is 1. The van der Waals surface area contributed by atoms with Crippen molar-refractivity contribution in [2.24, 2.45) is 10.9 Å². The molecule has 1 atom stereocenters. The molecule has 2 saturated heterocycles. The number of H-pyrrole nitrogens is 1. The summed E-state index contributed by atoms with van der Waals surface area (Å²) in [5, 5.41) is 8.76. The third kappa shape index (κ3) is 6.17. The van der Waals surface area contributed by atoms with Crippen LogP contribution in [0.2, 0.25) is 0 Å². The second-order valence-electron chi connectivity index (χ2n) is 10.3. The smallest absolute Gasteiger partial charge is 0.234 e. The minimum atomic E-state index is 0.121. The van der Waals surface area contributed by atoms with E-state index in [0.717, 1.165) is 103 Å². The number of aromatic amines is 1. The minimum absolute atomic E-state index is 0.121. The van der Waals surface area contributed by atoms with E-state index in [2.05, 4.69) is 38.7 Å². The number of hydrogen-bond donors (Lipinski definition) is 3. The molecule has 3 aliphatic rings. The Balaban J connectivity index is 1.20. The van der Waals surface area contributed by atoms with E-state index in [-0.39, 0.29) is 11.9 Å². The minimum Gasteiger partial charge on any atom is -0.457 e. The number of carbonyl (C=O) groups excluding carboxylic acids is 1. The molecule has 1 aromatic heterocycles. The number of rotatable bonds is 9. The number of carbonyl (C=O) groups is 1. The van der Waals surface area contributed by atoms with Crippen LogP contribution in [0.25, 0.3) is 10.9 Å². The van der Waals surface area contributed by atoms with Gasteiger partial charge in [-0.3, -0.25) is 14.7 Å². The number of para-hydroxylation sites is 1. The molecule has 4 heterocycles. The van der Waals surface area contributed by atoms with Gasteiger partial charge in [0.2, 0.25) is 5.91 Å². The van der Waals surface area contributed by atoms with Gasteiger partial charge in [-0.05, 0) is 49.4 Å². The maximum Gasteiger partial charge on any atom is 0.234 e. The molecule has 9 heteroatoms. The fourth-order valence-electron chi connectivity index (χ4n) is 5.28. The maximum atomic E-state index is 11.7. The molecule has 2 fully saturated rings. The summed E-state index contributed by atoms with van der Waals surface area (Å²) in [5.74, 6) is 3.34. The van der Waals surface area contributed by atoms with Crippen LogP contribution < -0.4 is 15.4 Å². The maximum absolute atomic E-state index is 11.7. The van der Waals surface area contributed by atoms with Crippen LogP contribution >= 0.6 is 11.8 Å². The van der Waals surface area contributed by atoms with E-state index < -0.39 is 0 Å². The molecule has 1 amide bonds. The first-order chi connectivity index (χ1) is 18.7. The molecule has 3 aliphatic heterocycles. The van der Waals surface area contributed by atoms with E-state index in [0.29, 0.717) is 12.5 Å². The number of nitrogens with one attached hydrogen (secondary N) is 3. The lowest BCUT2D eigenvalue weighted by atomic mass is 10.0. The van der Waals surface area contributed by atoms with Crippen molar-refractivity contribution in [1.29, 1.82) is 0 Å². The summed E-state index contributed by atoms with van der Waals surface area (Å²) >= 11 is 1.81. The number of benzene rings is 2. The highest BCUT2D eigenvalue weighted by Gasteiger charge is 2.24. The third-order valence-corrected chi connectivity index (χ3v) is 8.59. The molecule has 0 radical (unpaired) electrons. The van der Waals surface area contributed by atoms with E-state index in [1.807, 2.05) is 42.1 Å². The molecule has 0 bridgehead atoms. The SMILES string of the molecule is O=C1CN(CCC2CSC(c3cc4cc(Oc5ccccc5)cc(NCC5CCOCC5)c4[nH]3)=N2)CCN1. The Kier molecular flexibility index (Phi) is 7.85. The van der Waals surface area contributed by atoms with Crippen molar-refractivity contribution in [2.75, 3.05) is 57.0 Å². The van der Waals surface area contributed by atoms with Gasteiger partial charge in [0.1, 0.15) is 16.5 Å². The molecule has 1 unspecified atom stereocenters. The van der Waals surface area contributed by atoms with Crippen LogP contribution in [0, 0.1) is 5.92 Å². The van der Waals surface area contributed by atoms with Gasteiger partial charge >= 0.3 is 0 Å². The van der Waals surface area contributed by atoms with E-state index in [9.17, 15) is 4.79 Å². The van der Waals surface area contributed by atoms with Crippen molar-refractivity contribution in [1.82, 2.24) is 15.2 Å². The molecular weight excluding hydrogens is 498 g/mol. The molecule has 8 nitrogen and oxygen atoms in total. The summed E-state index contributed by atoms with van der Waals surface area (Å²) in [6.07, 6.45) is 3.14. The van der Waals surface area contributed by atoms with Crippen molar-refractivity contribution in [3.05, 3.63) is 54.2 Å². The van der Waals surface area contributed by atoms with Crippen molar-refractivity contribution < 1.29 is 14.3 Å². The Labute approximate surface area is 227 Å². The normalized spacial score (nSPS) is 20.9. The summed E-state index contributed by atoms with van der Waals surface area (Å²) in [4.78, 5) is 22.6. The molecule has 3 N–H and O–H groups in total. The molecule has 6 rings (SSSR count). The second-order valence-corrected chi connectivity index (χ2v) is 11.3. The van der Waals surface area contributed by atoms with Gasteiger partial charge in [-0.15, -0.1) is 11.8 Å². The molecule has 2 aromatic carbocycles. The Hall–Kier alpha value is -3.01. The Morgan fingerprint density at radius 1 is 1.13 bits per heavy atom. The lowest BCUT2D eigenvalue weighted by Crippen LogP contribution is -2.48. The van der Waals surface area contributed by atoms with Gasteiger partial charge in [-0.1, -0.05) is 18.2 Å². The lowest BCUT2D eigenvalue weighted by molar-refractivity contribution is -0.124. The first-order valence-electron chi connectivity index (χ1n) is 13.6. The first-order valence-corrected chi connectivity index (χ1v) is 14.6. The zero-order valence-corrected chi connectivity index (χ0v) is 22.4. The zero-order valence-electron chi connectivity index (χ0n) is 21.6. The van der Waals surface area contributed by atoms with E-state index >= 15 is 0 Å². The summed E-state index contributed by atoms with van der Waals surface area (Å²) < 4.78 is 11.8. The molecule has 38 heavy (non-hydrogen) atoms. The number of nitrogens with zero attached hydrogens (tertiary/aromatic N) is 2. The molecule has 0 spiro atoms. The number of aromatic nitrogens is 1. The fraction of sp³-hybridized carbons (Fsp3) is 0.448. The van der Waals surface area contributed by atoms with E-state index in [4.69, 9.17) is 14.5 Å². The topological polar surface area (TPSA) is 91.0 Å². The zero-order chi connectivity index (χ0) is 25.7. The summed E-state index contributed by atoms with van der Waals surface area (Å²) in [5.41, 5.74) is 3.18. The van der Waals surface area contributed by atoms with Crippen molar-refractivity contribution in [3.63, 3.8) is 0 Å². The number of anilines is 1. The van der Waals surface area contributed by atoms with Gasteiger partial charge in [-0.25, -0.2) is 0 Å². The number of thioether (sulfide) groups is 1. The molecule has 3 aromatic rings. The molecule has 0 saturated carbocycles. The van der Waals surface area contributed by atoms with E-state index in [1.54, 1.807) is 0 Å². The van der Waals surface area contributed by atoms with Gasteiger partial charge in [0.15, 0.2) is 0 Å². The van der Waals surface area contributed by atoms with Crippen molar-refractivity contribution >= 4 is 39.3 Å². The fourth-order valence-corrected chi connectivity index (χ4v) is 6.36. The average Bonchev–Trinajstić information content (AvgIpc) is 3.59. The predicted molar refractivity (Wildman–Crippen MR) is 154 cm³/mol. The highest BCUT2D eigenvalue weighted by atomic mass is 32.2. The molecule has 0 aliphatic carbocycles. The average molecular weight is 534 g/mol. The largest absolute Gasteiger partial charge is 0.457 e. The highest BCUT2D eigenvalue weighted by Crippen LogP contribution is 2.35. The van der Waals surface area contributed by atoms with Crippen LogP contribution in [-0.4, -0.2) is 78.6 Å². The number of amides is 1. The second kappa shape index (κ2) is 11.8. The van der Waals surface area contributed by atoms with Gasteiger partial charge in [0.25, 0.3) is 0 Å². The Bertz CT molecular complexity index is 1290. The molecule has 200 valence electrons. The standard InChI is InChI=1S/C29H35N5O3S/c35-27-18-34(11-9-30-27)10-6-22-19-38-29(32-22)26-15-21-14-24(37-23-4-2-1-3-5-23)16-25(28(21)33-26)31-17-20-7-12-36-13-8-20/h1-5,14-16,20,22,31,33H,6-13,17-19H2,(H,30,35). The van der Waals surface area contributed by atoms with Gasteiger partial charge in [0.05, 0.1) is 29.5 Å². The monoisotopic (exact) mass is 533 g/mol. The van der Waals surface area contributed by atoms with Crippen molar-refractivity contribution in [3.8, 4) is 11.5 Å². The van der Waals surface area contributed by atoms with Crippen LogP contribution in [0.3, 0.4) is 0 Å². The summed E-state index contributed by atoms with van der Waals surface area (Å²) in [7, 11) is 0. The highest BCUT2D eigenvalue weighted by molar-refractivity contribution is 8.14. The summed E-state index contributed by atoms with van der Waals surface area (Å²) in [6, 6.07) is 16.6.